The molecule has 0 radical (unpaired) electrons. The van der Waals surface area contributed by atoms with E-state index >= 15 is 0 Å². The number of hydrogen-bond acceptors (Lipinski definition) is 5. The lowest BCUT2D eigenvalue weighted by Gasteiger charge is -2.39. The predicted octanol–water partition coefficient (Wildman–Crippen LogP) is 0.762. The molecule has 2 aliphatic rings. The highest BCUT2D eigenvalue weighted by Gasteiger charge is 2.28. The number of benzene rings is 1. The van der Waals surface area contributed by atoms with Gasteiger partial charge in [0, 0.05) is 37.7 Å². The molecule has 21 heavy (non-hydrogen) atoms. The van der Waals surface area contributed by atoms with Crippen LogP contribution < -0.4 is 16.0 Å². The molecule has 2 atom stereocenters. The highest BCUT2D eigenvalue weighted by Crippen LogP contribution is 2.35. The predicted molar refractivity (Wildman–Crippen MR) is 84.2 cm³/mol. The molecule has 1 saturated heterocycles. The second-order valence-electron chi connectivity index (χ2n) is 6.29. The summed E-state index contributed by atoms with van der Waals surface area (Å²) in [5.41, 5.74) is 5.52. The van der Waals surface area contributed by atoms with Gasteiger partial charge in [0.25, 0.3) is 0 Å². The van der Waals surface area contributed by atoms with Gasteiger partial charge in [-0.1, -0.05) is 18.2 Å². The van der Waals surface area contributed by atoms with Crippen molar-refractivity contribution in [2.45, 2.75) is 24.9 Å². The summed E-state index contributed by atoms with van der Waals surface area (Å²) in [5, 5.41) is 0. The molecule has 1 aromatic rings. The average Bonchev–Trinajstić information content (AvgIpc) is 2.96. The first-order valence-electron chi connectivity index (χ1n) is 7.78. The molecule has 0 aliphatic carbocycles. The second-order valence-corrected chi connectivity index (χ2v) is 6.29. The molecule has 0 saturated carbocycles. The highest BCUT2D eigenvalue weighted by molar-refractivity contribution is 5.45. The van der Waals surface area contributed by atoms with Crippen LogP contribution in [-0.2, 0) is 6.42 Å². The van der Waals surface area contributed by atoms with E-state index < -0.39 is 0 Å². The van der Waals surface area contributed by atoms with Crippen LogP contribution in [-0.4, -0.2) is 56.2 Å². The standard InChI is InChI=1S/C16H26N4O/c1-19-7-8-20(2)13(11-19)10-15(18-17)14-5-3-4-12-6-9-21-16(12)14/h3-5,13,15,18H,6-11,17H2,1-2H3. The number of fused-ring (bicyclic) bond motifs is 1. The lowest BCUT2D eigenvalue weighted by atomic mass is 9.95. The van der Waals surface area contributed by atoms with E-state index in [0.29, 0.717) is 6.04 Å². The van der Waals surface area contributed by atoms with Crippen molar-refractivity contribution in [2.75, 3.05) is 40.3 Å². The Labute approximate surface area is 127 Å². The number of para-hydroxylation sites is 1. The number of piperazine rings is 1. The monoisotopic (exact) mass is 290 g/mol. The topological polar surface area (TPSA) is 53.8 Å². The number of ether oxygens (including phenoxy) is 1. The van der Waals surface area contributed by atoms with Gasteiger partial charge in [0.1, 0.15) is 5.75 Å². The number of likely N-dealkylation sites (N-methyl/N-ethyl adjacent to an activating group) is 2. The third kappa shape index (κ3) is 3.06. The van der Waals surface area contributed by atoms with Gasteiger partial charge in [-0.3, -0.25) is 11.3 Å². The first-order valence-corrected chi connectivity index (χ1v) is 7.78. The van der Waals surface area contributed by atoms with Gasteiger partial charge in [-0.05, 0) is 26.1 Å². The molecule has 0 spiro atoms. The minimum atomic E-state index is 0.136. The Bertz CT molecular complexity index is 493. The first-order chi connectivity index (χ1) is 10.2. The van der Waals surface area contributed by atoms with E-state index in [4.69, 9.17) is 10.6 Å². The molecular formula is C16H26N4O. The Morgan fingerprint density at radius 3 is 3.05 bits per heavy atom. The number of nitrogens with one attached hydrogen (secondary N) is 1. The summed E-state index contributed by atoms with van der Waals surface area (Å²) in [5.74, 6) is 6.91. The lowest BCUT2D eigenvalue weighted by Crippen LogP contribution is -2.51. The maximum Gasteiger partial charge on any atom is 0.127 e. The van der Waals surface area contributed by atoms with Crippen LogP contribution in [0.5, 0.6) is 5.75 Å². The fourth-order valence-electron chi connectivity index (χ4n) is 3.43. The summed E-state index contributed by atoms with van der Waals surface area (Å²) >= 11 is 0. The molecule has 0 bridgehead atoms. The Morgan fingerprint density at radius 1 is 1.38 bits per heavy atom. The van der Waals surface area contributed by atoms with E-state index in [1.165, 1.54) is 11.1 Å². The third-order valence-corrected chi connectivity index (χ3v) is 4.81. The quantitative estimate of drug-likeness (QED) is 0.633. The third-order valence-electron chi connectivity index (χ3n) is 4.81. The Balaban J connectivity index is 1.78. The van der Waals surface area contributed by atoms with Crippen LogP contribution in [0.25, 0.3) is 0 Å². The average molecular weight is 290 g/mol. The first kappa shape index (κ1) is 14.8. The fourth-order valence-corrected chi connectivity index (χ4v) is 3.43. The minimum Gasteiger partial charge on any atom is -0.493 e. The smallest absolute Gasteiger partial charge is 0.127 e. The second kappa shape index (κ2) is 6.32. The molecule has 3 rings (SSSR count). The zero-order valence-electron chi connectivity index (χ0n) is 13.0. The van der Waals surface area contributed by atoms with Crippen molar-refractivity contribution >= 4 is 0 Å². The molecule has 0 aromatic heterocycles. The molecule has 3 N–H and O–H groups in total. The molecule has 2 heterocycles. The van der Waals surface area contributed by atoms with Crippen LogP contribution in [0.3, 0.4) is 0 Å². The van der Waals surface area contributed by atoms with Crippen molar-refractivity contribution in [1.29, 1.82) is 0 Å². The van der Waals surface area contributed by atoms with Crippen LogP contribution in [0.15, 0.2) is 18.2 Å². The SMILES string of the molecule is CN1CCN(C)C(CC(NN)c2cccc3c2OCC3)C1. The van der Waals surface area contributed by atoms with Crippen LogP contribution in [0, 0.1) is 0 Å². The maximum atomic E-state index is 5.86. The molecule has 0 amide bonds. The number of nitrogens with zero attached hydrogens (tertiary/aromatic N) is 2. The molecule has 2 aliphatic heterocycles. The van der Waals surface area contributed by atoms with Gasteiger partial charge in [0.15, 0.2) is 0 Å². The van der Waals surface area contributed by atoms with E-state index in [9.17, 15) is 0 Å². The van der Waals surface area contributed by atoms with E-state index in [2.05, 4.69) is 47.5 Å². The normalized spacial score (nSPS) is 24.6. The zero-order valence-corrected chi connectivity index (χ0v) is 13.0. The van der Waals surface area contributed by atoms with Gasteiger partial charge < -0.3 is 14.5 Å². The Hall–Kier alpha value is -1.14. The van der Waals surface area contributed by atoms with Crippen molar-refractivity contribution in [3.05, 3.63) is 29.3 Å². The Morgan fingerprint density at radius 2 is 2.24 bits per heavy atom. The van der Waals surface area contributed by atoms with Crippen molar-refractivity contribution < 1.29 is 4.74 Å². The van der Waals surface area contributed by atoms with Crippen LogP contribution in [0.4, 0.5) is 0 Å². The van der Waals surface area contributed by atoms with Gasteiger partial charge in [-0.2, -0.15) is 0 Å². The number of hydrogen-bond donors (Lipinski definition) is 2. The van der Waals surface area contributed by atoms with Crippen LogP contribution >= 0.6 is 0 Å². The van der Waals surface area contributed by atoms with Gasteiger partial charge >= 0.3 is 0 Å². The van der Waals surface area contributed by atoms with Gasteiger partial charge in [-0.15, -0.1) is 0 Å². The van der Waals surface area contributed by atoms with Crippen molar-refractivity contribution in [2.24, 2.45) is 5.84 Å². The molecule has 1 fully saturated rings. The number of hydrazine groups is 1. The van der Waals surface area contributed by atoms with E-state index in [0.717, 1.165) is 44.8 Å². The van der Waals surface area contributed by atoms with Crippen molar-refractivity contribution in [3.8, 4) is 5.75 Å². The molecule has 116 valence electrons. The van der Waals surface area contributed by atoms with E-state index in [-0.39, 0.29) is 6.04 Å². The summed E-state index contributed by atoms with van der Waals surface area (Å²) in [6.07, 6.45) is 2.00. The Kier molecular flexibility index (Phi) is 4.45. The molecule has 1 aromatic carbocycles. The summed E-state index contributed by atoms with van der Waals surface area (Å²) < 4.78 is 5.83. The fraction of sp³-hybridized carbons (Fsp3) is 0.625. The maximum absolute atomic E-state index is 5.86. The summed E-state index contributed by atoms with van der Waals surface area (Å²) in [4.78, 5) is 4.83. The van der Waals surface area contributed by atoms with Gasteiger partial charge in [0.05, 0.1) is 12.6 Å². The zero-order chi connectivity index (χ0) is 14.8. The van der Waals surface area contributed by atoms with Crippen LogP contribution in [0.2, 0.25) is 0 Å². The van der Waals surface area contributed by atoms with Crippen LogP contribution in [0.1, 0.15) is 23.6 Å². The highest BCUT2D eigenvalue weighted by atomic mass is 16.5. The minimum absolute atomic E-state index is 0.136. The molecular weight excluding hydrogens is 264 g/mol. The van der Waals surface area contributed by atoms with Crippen molar-refractivity contribution in [1.82, 2.24) is 15.2 Å². The summed E-state index contributed by atoms with van der Waals surface area (Å²) in [7, 11) is 4.39. The van der Waals surface area contributed by atoms with Crippen molar-refractivity contribution in [3.63, 3.8) is 0 Å². The number of rotatable bonds is 4. The molecule has 5 nitrogen and oxygen atoms in total. The number of nitrogens with two attached hydrogens (primary N) is 1. The summed E-state index contributed by atoms with van der Waals surface area (Å²) in [6.45, 7) is 4.12. The van der Waals surface area contributed by atoms with E-state index in [1.807, 2.05) is 0 Å². The molecule has 5 heteroatoms. The molecule has 2 unspecified atom stereocenters. The summed E-state index contributed by atoms with van der Waals surface area (Å²) in [6, 6.07) is 7.06. The van der Waals surface area contributed by atoms with E-state index in [1.54, 1.807) is 0 Å². The van der Waals surface area contributed by atoms with Gasteiger partial charge in [0.2, 0.25) is 0 Å². The largest absolute Gasteiger partial charge is 0.493 e. The lowest BCUT2D eigenvalue weighted by molar-refractivity contribution is 0.101. The van der Waals surface area contributed by atoms with Gasteiger partial charge in [-0.25, -0.2) is 0 Å².